The van der Waals surface area contributed by atoms with Crippen LogP contribution in [0.25, 0.3) is 0 Å². The first kappa shape index (κ1) is 9.89. The average Bonchev–Trinajstić information content (AvgIpc) is 3.11. The normalized spacial score (nSPS) is 14.8. The summed E-state index contributed by atoms with van der Waals surface area (Å²) in [6.07, 6.45) is 5.43. The van der Waals surface area contributed by atoms with Gasteiger partial charge in [-0.1, -0.05) is 0 Å². The Bertz CT molecular complexity index is 377. The number of rotatable bonds is 3. The Labute approximate surface area is 88.1 Å². The quantitative estimate of drug-likeness (QED) is 0.688. The molecule has 0 aliphatic heterocycles. The molecule has 1 saturated carbocycles. The number of aromatic nitrogens is 2. The van der Waals surface area contributed by atoms with E-state index in [4.69, 9.17) is 0 Å². The van der Waals surface area contributed by atoms with Crippen LogP contribution < -0.4 is 4.90 Å². The predicted molar refractivity (Wildman–Crippen MR) is 54.8 cm³/mol. The third-order valence-corrected chi connectivity index (χ3v) is 2.47. The van der Waals surface area contributed by atoms with Crippen molar-refractivity contribution < 1.29 is 9.53 Å². The summed E-state index contributed by atoms with van der Waals surface area (Å²) in [5.74, 6) is 0.272. The van der Waals surface area contributed by atoms with Crippen molar-refractivity contribution in [3.05, 3.63) is 18.1 Å². The molecule has 0 unspecified atom stereocenters. The van der Waals surface area contributed by atoms with Gasteiger partial charge in [-0.15, -0.1) is 0 Å². The maximum absolute atomic E-state index is 11.2. The maximum atomic E-state index is 11.2. The lowest BCUT2D eigenvalue weighted by atomic mass is 10.4. The van der Waals surface area contributed by atoms with Crippen LogP contribution in [-0.2, 0) is 4.74 Å². The maximum Gasteiger partial charge on any atom is 0.358 e. The minimum absolute atomic E-state index is 0.252. The van der Waals surface area contributed by atoms with E-state index >= 15 is 0 Å². The first-order valence-electron chi connectivity index (χ1n) is 4.85. The van der Waals surface area contributed by atoms with Gasteiger partial charge in [0.05, 0.1) is 19.5 Å². The molecule has 1 fully saturated rings. The van der Waals surface area contributed by atoms with Crippen LogP contribution in [0, 0.1) is 0 Å². The van der Waals surface area contributed by atoms with E-state index in [-0.39, 0.29) is 5.69 Å². The van der Waals surface area contributed by atoms with Gasteiger partial charge in [-0.25, -0.2) is 9.78 Å². The standard InChI is InChI=1S/C10H13N3O2/c1-13(7-3-4-7)9-6-11-5-8(12-9)10(14)15-2/h5-7H,3-4H2,1-2H3. The molecule has 1 aromatic heterocycles. The summed E-state index contributed by atoms with van der Waals surface area (Å²) in [4.78, 5) is 21.4. The molecule has 0 amide bonds. The van der Waals surface area contributed by atoms with Crippen LogP contribution in [0.3, 0.4) is 0 Å². The van der Waals surface area contributed by atoms with Gasteiger partial charge in [0, 0.05) is 13.1 Å². The summed E-state index contributed by atoms with van der Waals surface area (Å²) in [7, 11) is 3.30. The summed E-state index contributed by atoms with van der Waals surface area (Å²) >= 11 is 0. The number of methoxy groups -OCH3 is 1. The van der Waals surface area contributed by atoms with Crippen LogP contribution in [0.15, 0.2) is 12.4 Å². The van der Waals surface area contributed by atoms with Crippen molar-refractivity contribution in [1.82, 2.24) is 9.97 Å². The Hall–Kier alpha value is -1.65. The van der Waals surface area contributed by atoms with E-state index in [1.165, 1.54) is 26.1 Å². The molecule has 2 rings (SSSR count). The monoisotopic (exact) mass is 207 g/mol. The molecule has 0 atom stereocenters. The van der Waals surface area contributed by atoms with Crippen molar-refractivity contribution in [2.24, 2.45) is 0 Å². The SMILES string of the molecule is COC(=O)c1cncc(N(C)C2CC2)n1. The number of anilines is 1. The molecule has 15 heavy (non-hydrogen) atoms. The van der Waals surface area contributed by atoms with E-state index in [0.29, 0.717) is 6.04 Å². The number of nitrogens with zero attached hydrogens (tertiary/aromatic N) is 3. The van der Waals surface area contributed by atoms with Crippen LogP contribution in [0.4, 0.5) is 5.82 Å². The first-order valence-corrected chi connectivity index (χ1v) is 4.85. The Balaban J connectivity index is 2.21. The van der Waals surface area contributed by atoms with Gasteiger partial charge in [-0.05, 0) is 12.8 Å². The zero-order valence-electron chi connectivity index (χ0n) is 8.80. The van der Waals surface area contributed by atoms with Crippen LogP contribution in [-0.4, -0.2) is 36.1 Å². The highest BCUT2D eigenvalue weighted by atomic mass is 16.5. The zero-order valence-corrected chi connectivity index (χ0v) is 8.80. The molecule has 0 radical (unpaired) electrons. The van der Waals surface area contributed by atoms with Gasteiger partial charge in [0.25, 0.3) is 0 Å². The van der Waals surface area contributed by atoms with Crippen LogP contribution in [0.5, 0.6) is 0 Å². The lowest BCUT2D eigenvalue weighted by Gasteiger charge is -2.16. The molecule has 0 N–H and O–H groups in total. The third-order valence-electron chi connectivity index (χ3n) is 2.47. The van der Waals surface area contributed by atoms with Gasteiger partial charge in [0.1, 0.15) is 5.82 Å². The second-order valence-electron chi connectivity index (χ2n) is 3.60. The van der Waals surface area contributed by atoms with Crippen molar-refractivity contribution in [1.29, 1.82) is 0 Å². The van der Waals surface area contributed by atoms with Crippen LogP contribution >= 0.6 is 0 Å². The van der Waals surface area contributed by atoms with Crippen molar-refractivity contribution in [2.75, 3.05) is 19.1 Å². The molecular formula is C10H13N3O2. The highest BCUT2D eigenvalue weighted by Crippen LogP contribution is 2.28. The first-order chi connectivity index (χ1) is 7.22. The molecular weight excluding hydrogens is 194 g/mol. The second-order valence-corrected chi connectivity index (χ2v) is 3.60. The molecule has 5 heteroatoms. The zero-order chi connectivity index (χ0) is 10.8. The number of carbonyl (C=O) groups excluding carboxylic acids is 1. The van der Waals surface area contributed by atoms with E-state index in [1.807, 2.05) is 11.9 Å². The topological polar surface area (TPSA) is 55.3 Å². The van der Waals surface area contributed by atoms with Gasteiger partial charge in [0.2, 0.25) is 0 Å². The summed E-state index contributed by atoms with van der Waals surface area (Å²) < 4.78 is 4.59. The molecule has 1 aliphatic carbocycles. The third kappa shape index (κ3) is 2.06. The molecule has 0 bridgehead atoms. The lowest BCUT2D eigenvalue weighted by molar-refractivity contribution is 0.0593. The fourth-order valence-corrected chi connectivity index (χ4v) is 1.38. The molecule has 80 valence electrons. The molecule has 5 nitrogen and oxygen atoms in total. The fraction of sp³-hybridized carbons (Fsp3) is 0.500. The fourth-order valence-electron chi connectivity index (χ4n) is 1.38. The molecule has 0 saturated heterocycles. The van der Waals surface area contributed by atoms with E-state index < -0.39 is 5.97 Å². The van der Waals surface area contributed by atoms with Crippen molar-refractivity contribution in [2.45, 2.75) is 18.9 Å². The second kappa shape index (κ2) is 3.84. The van der Waals surface area contributed by atoms with Crippen molar-refractivity contribution in [3.8, 4) is 0 Å². The highest BCUT2D eigenvalue weighted by molar-refractivity contribution is 5.87. The van der Waals surface area contributed by atoms with Gasteiger partial charge in [0.15, 0.2) is 5.69 Å². The number of hydrogen-bond acceptors (Lipinski definition) is 5. The Kier molecular flexibility index (Phi) is 2.53. The van der Waals surface area contributed by atoms with Gasteiger partial charge >= 0.3 is 5.97 Å². The highest BCUT2D eigenvalue weighted by Gasteiger charge is 2.27. The van der Waals surface area contributed by atoms with Gasteiger partial charge in [-0.3, -0.25) is 4.98 Å². The smallest absolute Gasteiger partial charge is 0.358 e. The van der Waals surface area contributed by atoms with Crippen molar-refractivity contribution in [3.63, 3.8) is 0 Å². The number of hydrogen-bond donors (Lipinski definition) is 0. The number of ether oxygens (including phenoxy) is 1. The minimum atomic E-state index is -0.450. The molecule has 1 heterocycles. The lowest BCUT2D eigenvalue weighted by Crippen LogP contribution is -2.21. The van der Waals surface area contributed by atoms with Gasteiger partial charge < -0.3 is 9.64 Å². The summed E-state index contributed by atoms with van der Waals surface area (Å²) in [6, 6.07) is 0.548. The van der Waals surface area contributed by atoms with Crippen LogP contribution in [0.1, 0.15) is 23.3 Å². The van der Waals surface area contributed by atoms with E-state index in [1.54, 1.807) is 6.20 Å². The molecule has 1 aromatic rings. The Morgan fingerprint density at radius 3 is 2.87 bits per heavy atom. The number of carbonyl (C=O) groups is 1. The molecule has 0 aromatic carbocycles. The summed E-state index contributed by atoms with van der Waals surface area (Å²) in [5, 5.41) is 0. The van der Waals surface area contributed by atoms with Gasteiger partial charge in [-0.2, -0.15) is 0 Å². The Morgan fingerprint density at radius 1 is 1.53 bits per heavy atom. The van der Waals surface area contributed by atoms with Crippen molar-refractivity contribution >= 4 is 11.8 Å². The largest absolute Gasteiger partial charge is 0.464 e. The van der Waals surface area contributed by atoms with E-state index in [2.05, 4.69) is 14.7 Å². The van der Waals surface area contributed by atoms with E-state index in [9.17, 15) is 4.79 Å². The van der Waals surface area contributed by atoms with E-state index in [0.717, 1.165) is 5.82 Å². The summed E-state index contributed by atoms with van der Waals surface area (Å²) in [5.41, 5.74) is 0.252. The number of esters is 1. The average molecular weight is 207 g/mol. The Morgan fingerprint density at radius 2 is 2.27 bits per heavy atom. The minimum Gasteiger partial charge on any atom is -0.464 e. The molecule has 1 aliphatic rings. The molecule has 0 spiro atoms. The summed E-state index contributed by atoms with van der Waals surface area (Å²) in [6.45, 7) is 0. The van der Waals surface area contributed by atoms with Crippen LogP contribution in [0.2, 0.25) is 0 Å². The predicted octanol–water partition coefficient (Wildman–Crippen LogP) is 0.862.